The Bertz CT molecular complexity index is 1130. The highest BCUT2D eigenvalue weighted by Crippen LogP contribution is 2.41. The molecule has 1 aromatic heterocycles. The fourth-order valence-corrected chi connectivity index (χ4v) is 7.06. The Hall–Kier alpha value is -2.56. The van der Waals surface area contributed by atoms with Gasteiger partial charge in [0.05, 0.1) is 23.9 Å². The molecule has 2 aliphatic rings. The van der Waals surface area contributed by atoms with Gasteiger partial charge in [-0.1, -0.05) is 48.2 Å². The third-order valence-electron chi connectivity index (χ3n) is 5.13. The Morgan fingerprint density at radius 2 is 2.12 bits per heavy atom. The van der Waals surface area contributed by atoms with Crippen LogP contribution in [0.1, 0.15) is 22.6 Å². The second-order valence-electron chi connectivity index (χ2n) is 7.44. The van der Waals surface area contributed by atoms with E-state index >= 15 is 0 Å². The van der Waals surface area contributed by atoms with E-state index in [9.17, 15) is 19.5 Å². The SMILES string of the molecule is Cc1nc(SCC2=C(C(=O)O)N3C(=O)C[C@@H]3SC2)sc1CC(=O)OCC=Cc1ccccc1. The number of ether oxygens (including phenoxy) is 1. The van der Waals surface area contributed by atoms with Crippen LogP contribution in [0.2, 0.25) is 0 Å². The van der Waals surface area contributed by atoms with Crippen LogP contribution in [0.3, 0.4) is 0 Å². The average Bonchev–Trinajstić information content (AvgIpc) is 3.14. The lowest BCUT2D eigenvalue weighted by Gasteiger charge is -2.43. The largest absolute Gasteiger partial charge is 0.477 e. The number of aromatic nitrogens is 1. The molecule has 1 amide bonds. The third kappa shape index (κ3) is 5.69. The molecule has 0 spiro atoms. The van der Waals surface area contributed by atoms with Crippen LogP contribution in [-0.2, 0) is 25.5 Å². The normalized spacial score (nSPS) is 17.8. The molecule has 1 fully saturated rings. The van der Waals surface area contributed by atoms with Crippen molar-refractivity contribution < 1.29 is 24.2 Å². The molecule has 2 aliphatic heterocycles. The molecule has 0 saturated carbocycles. The van der Waals surface area contributed by atoms with E-state index in [-0.39, 0.29) is 36.0 Å². The fourth-order valence-electron chi connectivity index (χ4n) is 3.44. The molecule has 7 nitrogen and oxygen atoms in total. The lowest BCUT2D eigenvalue weighted by Crippen LogP contribution is -2.54. The number of carboxylic acids is 1. The summed E-state index contributed by atoms with van der Waals surface area (Å²) in [5, 5.41) is 9.55. The number of rotatable bonds is 9. The molecule has 1 N–H and O–H groups in total. The van der Waals surface area contributed by atoms with E-state index in [0.29, 0.717) is 17.9 Å². The molecule has 0 unspecified atom stereocenters. The summed E-state index contributed by atoms with van der Waals surface area (Å²) in [5.74, 6) is -0.506. The summed E-state index contributed by atoms with van der Waals surface area (Å²) in [6.07, 6.45) is 4.25. The van der Waals surface area contributed by atoms with Gasteiger partial charge in [-0.2, -0.15) is 0 Å². The number of fused-ring (bicyclic) bond motifs is 1. The van der Waals surface area contributed by atoms with Gasteiger partial charge in [0, 0.05) is 16.4 Å². The van der Waals surface area contributed by atoms with Crippen LogP contribution < -0.4 is 0 Å². The van der Waals surface area contributed by atoms with Gasteiger partial charge in [-0.25, -0.2) is 9.78 Å². The molecule has 0 aliphatic carbocycles. The summed E-state index contributed by atoms with van der Waals surface area (Å²) in [4.78, 5) is 42.6. The monoisotopic (exact) mass is 502 g/mol. The molecule has 4 rings (SSSR count). The minimum absolute atomic E-state index is 0.0559. The van der Waals surface area contributed by atoms with Crippen molar-refractivity contribution in [1.29, 1.82) is 0 Å². The van der Waals surface area contributed by atoms with Crippen molar-refractivity contribution in [3.8, 4) is 0 Å². The van der Waals surface area contributed by atoms with Crippen molar-refractivity contribution in [1.82, 2.24) is 9.88 Å². The standard InChI is InChI=1S/C23H22N2O5S3/c1-14-17(10-20(27)30-9-5-8-15-6-3-2-4-7-15)33-23(24-14)32-13-16-12-31-19-11-18(26)25(19)21(16)22(28)29/h2-8,19H,9-13H2,1H3,(H,28,29)/t19-/m0/s1. The van der Waals surface area contributed by atoms with Crippen molar-refractivity contribution in [2.24, 2.45) is 0 Å². The van der Waals surface area contributed by atoms with Gasteiger partial charge < -0.3 is 9.84 Å². The van der Waals surface area contributed by atoms with Gasteiger partial charge in [-0.15, -0.1) is 23.1 Å². The molecule has 10 heteroatoms. The van der Waals surface area contributed by atoms with E-state index in [1.807, 2.05) is 43.3 Å². The summed E-state index contributed by atoms with van der Waals surface area (Å²) < 4.78 is 6.06. The minimum atomic E-state index is -1.07. The van der Waals surface area contributed by atoms with E-state index < -0.39 is 5.97 Å². The van der Waals surface area contributed by atoms with Gasteiger partial charge in [0.25, 0.3) is 0 Å². The summed E-state index contributed by atoms with van der Waals surface area (Å²) in [7, 11) is 0. The Morgan fingerprint density at radius 3 is 2.85 bits per heavy atom. The molecule has 1 aromatic carbocycles. The molecule has 0 radical (unpaired) electrons. The van der Waals surface area contributed by atoms with E-state index in [0.717, 1.165) is 26.0 Å². The van der Waals surface area contributed by atoms with Crippen LogP contribution in [0.15, 0.2) is 52.0 Å². The van der Waals surface area contributed by atoms with Crippen molar-refractivity contribution >= 4 is 58.8 Å². The van der Waals surface area contributed by atoms with Gasteiger partial charge in [0.1, 0.15) is 12.3 Å². The van der Waals surface area contributed by atoms with Crippen LogP contribution in [0.5, 0.6) is 0 Å². The molecular formula is C23H22N2O5S3. The summed E-state index contributed by atoms with van der Waals surface area (Å²) >= 11 is 4.44. The first-order chi connectivity index (χ1) is 15.9. The number of esters is 1. The second kappa shape index (κ2) is 10.6. The first-order valence-electron chi connectivity index (χ1n) is 10.3. The van der Waals surface area contributed by atoms with Crippen LogP contribution in [0.4, 0.5) is 0 Å². The van der Waals surface area contributed by atoms with Crippen LogP contribution in [0, 0.1) is 6.92 Å². The number of aliphatic carboxylic acids is 1. The Kier molecular flexibility index (Phi) is 7.56. The van der Waals surface area contributed by atoms with Gasteiger partial charge in [-0.3, -0.25) is 14.5 Å². The first-order valence-corrected chi connectivity index (χ1v) is 13.1. The molecule has 3 heterocycles. The van der Waals surface area contributed by atoms with E-state index in [1.165, 1.54) is 28.0 Å². The highest BCUT2D eigenvalue weighted by atomic mass is 32.2. The highest BCUT2D eigenvalue weighted by Gasteiger charge is 2.45. The third-order valence-corrected chi connectivity index (χ3v) is 8.80. The number of aryl methyl sites for hydroxylation is 1. The number of hydrogen-bond acceptors (Lipinski definition) is 8. The predicted molar refractivity (Wildman–Crippen MR) is 130 cm³/mol. The van der Waals surface area contributed by atoms with Gasteiger partial charge in [-0.05, 0) is 24.1 Å². The lowest BCUT2D eigenvalue weighted by molar-refractivity contribution is -0.146. The smallest absolute Gasteiger partial charge is 0.352 e. The van der Waals surface area contributed by atoms with Crippen LogP contribution in [-0.4, -0.2) is 56.3 Å². The summed E-state index contributed by atoms with van der Waals surface area (Å²) in [6, 6.07) is 9.78. The fraction of sp³-hybridized carbons (Fsp3) is 0.304. The number of carbonyl (C=O) groups is 3. The maximum Gasteiger partial charge on any atom is 0.352 e. The van der Waals surface area contributed by atoms with E-state index in [1.54, 1.807) is 17.8 Å². The highest BCUT2D eigenvalue weighted by molar-refractivity contribution is 8.01. The maximum atomic E-state index is 12.2. The van der Waals surface area contributed by atoms with Gasteiger partial charge >= 0.3 is 11.9 Å². The Labute approximate surface area is 203 Å². The van der Waals surface area contributed by atoms with Crippen molar-refractivity contribution in [2.75, 3.05) is 18.1 Å². The Balaban J connectivity index is 1.31. The molecule has 1 saturated heterocycles. The number of β-lactam (4-membered cyclic amide) rings is 1. The summed E-state index contributed by atoms with van der Waals surface area (Å²) in [6.45, 7) is 2.05. The molecular weight excluding hydrogens is 480 g/mol. The zero-order valence-corrected chi connectivity index (χ0v) is 20.3. The lowest BCUT2D eigenvalue weighted by atomic mass is 10.1. The quantitative estimate of drug-likeness (QED) is 0.312. The number of nitrogens with zero attached hydrogens (tertiary/aromatic N) is 2. The van der Waals surface area contributed by atoms with Crippen LogP contribution >= 0.6 is 34.9 Å². The maximum absolute atomic E-state index is 12.2. The van der Waals surface area contributed by atoms with E-state index in [2.05, 4.69) is 4.98 Å². The molecule has 2 aromatic rings. The number of thiazole rings is 1. The molecule has 33 heavy (non-hydrogen) atoms. The number of amides is 1. The zero-order valence-electron chi connectivity index (χ0n) is 17.9. The molecule has 0 bridgehead atoms. The van der Waals surface area contributed by atoms with Crippen molar-refractivity contribution in [3.05, 3.63) is 63.8 Å². The topological polar surface area (TPSA) is 96.8 Å². The van der Waals surface area contributed by atoms with Crippen molar-refractivity contribution in [2.45, 2.75) is 29.5 Å². The van der Waals surface area contributed by atoms with E-state index in [4.69, 9.17) is 4.74 Å². The van der Waals surface area contributed by atoms with Crippen LogP contribution in [0.25, 0.3) is 6.08 Å². The van der Waals surface area contributed by atoms with Gasteiger partial charge in [0.15, 0.2) is 4.34 Å². The summed E-state index contributed by atoms with van der Waals surface area (Å²) in [5.41, 5.74) is 2.65. The average molecular weight is 503 g/mol. The number of carboxylic acid groups (broad SMARTS) is 1. The second-order valence-corrected chi connectivity index (χ2v) is 10.9. The van der Waals surface area contributed by atoms with Crippen molar-refractivity contribution in [3.63, 3.8) is 0 Å². The predicted octanol–water partition coefficient (Wildman–Crippen LogP) is 3.99. The molecule has 172 valence electrons. The minimum Gasteiger partial charge on any atom is -0.477 e. The number of carbonyl (C=O) groups excluding carboxylic acids is 2. The first kappa shape index (κ1) is 23.6. The Morgan fingerprint density at radius 1 is 1.33 bits per heavy atom. The van der Waals surface area contributed by atoms with Gasteiger partial charge in [0.2, 0.25) is 5.91 Å². The zero-order chi connectivity index (χ0) is 23.4. The molecule has 1 atom stereocenters. The number of thioether (sulfide) groups is 2. The number of benzene rings is 1. The number of hydrogen-bond donors (Lipinski definition) is 1.